The molecule has 1 fully saturated rings. The fraction of sp³-hybridized carbons (Fsp3) is 0.909. The van der Waals surface area contributed by atoms with Crippen molar-refractivity contribution in [2.45, 2.75) is 112 Å². The highest BCUT2D eigenvalue weighted by Gasteiger charge is 2.26. The molecule has 0 aromatic heterocycles. The summed E-state index contributed by atoms with van der Waals surface area (Å²) in [6.45, 7) is 13.5. The largest absolute Gasteiger partial charge is 0.0853 e. The van der Waals surface area contributed by atoms with Crippen molar-refractivity contribution in [3.63, 3.8) is 0 Å². The first-order valence-corrected chi connectivity index (χ1v) is 10.3. The second-order valence-electron chi connectivity index (χ2n) is 7.17. The van der Waals surface area contributed by atoms with Crippen LogP contribution < -0.4 is 0 Å². The molecular weight excluding hydrogens is 264 g/mol. The summed E-state index contributed by atoms with van der Waals surface area (Å²) in [5, 5.41) is 0. The number of allylic oxidation sites excluding steroid dienone is 2. The van der Waals surface area contributed by atoms with Crippen LogP contribution in [0, 0.1) is 17.8 Å². The Morgan fingerprint density at radius 2 is 1.64 bits per heavy atom. The van der Waals surface area contributed by atoms with E-state index in [2.05, 4.69) is 33.8 Å². The zero-order chi connectivity index (χ0) is 16.8. The highest BCUT2D eigenvalue weighted by Crippen LogP contribution is 2.37. The van der Waals surface area contributed by atoms with Crippen molar-refractivity contribution >= 4 is 0 Å². The molecule has 0 nitrogen and oxygen atoms in total. The lowest BCUT2D eigenvalue weighted by molar-refractivity contribution is 0.206. The minimum Gasteiger partial charge on any atom is -0.0853 e. The van der Waals surface area contributed by atoms with Crippen LogP contribution in [0.2, 0.25) is 0 Å². The van der Waals surface area contributed by atoms with Gasteiger partial charge < -0.3 is 0 Å². The number of rotatable bonds is 6. The fourth-order valence-electron chi connectivity index (χ4n) is 3.85. The van der Waals surface area contributed by atoms with Crippen LogP contribution >= 0.6 is 0 Å². The van der Waals surface area contributed by atoms with E-state index in [0.29, 0.717) is 0 Å². The molecule has 22 heavy (non-hydrogen) atoms. The van der Waals surface area contributed by atoms with E-state index in [0.717, 1.165) is 17.8 Å². The highest BCUT2D eigenvalue weighted by atomic mass is 14.3. The van der Waals surface area contributed by atoms with Gasteiger partial charge in [-0.1, -0.05) is 104 Å². The topological polar surface area (TPSA) is 0 Å². The maximum Gasteiger partial charge on any atom is -0.0314 e. The van der Waals surface area contributed by atoms with Gasteiger partial charge >= 0.3 is 0 Å². The van der Waals surface area contributed by atoms with E-state index < -0.39 is 0 Å². The van der Waals surface area contributed by atoms with Gasteiger partial charge in [-0.05, 0) is 37.5 Å². The molecule has 0 saturated heterocycles. The number of unbranched alkanes of at least 4 members (excludes halogenated alkanes) is 1. The van der Waals surface area contributed by atoms with Gasteiger partial charge in [0.05, 0.1) is 0 Å². The van der Waals surface area contributed by atoms with Crippen LogP contribution in [-0.2, 0) is 0 Å². The van der Waals surface area contributed by atoms with Crippen molar-refractivity contribution in [3.8, 4) is 0 Å². The number of hydrogen-bond donors (Lipinski definition) is 0. The predicted molar refractivity (Wildman–Crippen MR) is 103 cm³/mol. The summed E-state index contributed by atoms with van der Waals surface area (Å²) in [7, 11) is 0. The molecule has 1 saturated carbocycles. The molecule has 1 rings (SSSR count). The maximum absolute atomic E-state index is 2.55. The van der Waals surface area contributed by atoms with Gasteiger partial charge in [-0.3, -0.25) is 0 Å². The van der Waals surface area contributed by atoms with Gasteiger partial charge in [0.2, 0.25) is 0 Å². The van der Waals surface area contributed by atoms with Crippen molar-refractivity contribution in [2.75, 3.05) is 0 Å². The molecule has 0 aromatic carbocycles. The molecule has 1 aliphatic rings. The Kier molecular flexibility index (Phi) is 14.2. The molecule has 132 valence electrons. The standard InChI is InChI=1S/C20H38.C2H6/c1-5-7-13-19-14-11-9-8-10-12-18(4)20(19)16-15-17(3)6-2;1-2/h15,18-20H,5-14,16H2,1-4H3;1-2H3/b17-15+;. The zero-order valence-corrected chi connectivity index (χ0v) is 16.6. The summed E-state index contributed by atoms with van der Waals surface area (Å²) < 4.78 is 0. The molecule has 0 heteroatoms. The lowest BCUT2D eigenvalue weighted by Crippen LogP contribution is -2.21. The fourth-order valence-corrected chi connectivity index (χ4v) is 3.85. The summed E-state index contributed by atoms with van der Waals surface area (Å²) in [6, 6.07) is 0. The Labute approximate surface area is 142 Å². The molecule has 3 atom stereocenters. The van der Waals surface area contributed by atoms with Crippen LogP contribution in [0.3, 0.4) is 0 Å². The van der Waals surface area contributed by atoms with Gasteiger partial charge in [0.1, 0.15) is 0 Å². The second kappa shape index (κ2) is 14.3. The quantitative estimate of drug-likeness (QED) is 0.434. The molecule has 0 bridgehead atoms. The Morgan fingerprint density at radius 3 is 2.23 bits per heavy atom. The minimum atomic E-state index is 0.927. The molecular formula is C22H44. The van der Waals surface area contributed by atoms with E-state index >= 15 is 0 Å². The van der Waals surface area contributed by atoms with Crippen LogP contribution in [-0.4, -0.2) is 0 Å². The average Bonchev–Trinajstić information content (AvgIpc) is 2.63. The molecule has 0 aromatic rings. The monoisotopic (exact) mass is 308 g/mol. The van der Waals surface area contributed by atoms with Gasteiger partial charge in [-0.2, -0.15) is 0 Å². The van der Waals surface area contributed by atoms with Crippen LogP contribution in [0.1, 0.15) is 112 Å². The van der Waals surface area contributed by atoms with E-state index in [1.54, 1.807) is 5.57 Å². The van der Waals surface area contributed by atoms with Crippen molar-refractivity contribution in [1.82, 2.24) is 0 Å². The number of hydrogen-bond acceptors (Lipinski definition) is 0. The van der Waals surface area contributed by atoms with E-state index in [4.69, 9.17) is 0 Å². The van der Waals surface area contributed by atoms with E-state index in [9.17, 15) is 0 Å². The van der Waals surface area contributed by atoms with Crippen molar-refractivity contribution < 1.29 is 0 Å². The van der Waals surface area contributed by atoms with Gasteiger partial charge in [-0.25, -0.2) is 0 Å². The highest BCUT2D eigenvalue weighted by molar-refractivity contribution is 4.98. The van der Waals surface area contributed by atoms with Crippen LogP contribution in [0.15, 0.2) is 11.6 Å². The average molecular weight is 309 g/mol. The molecule has 0 spiro atoms. The third-order valence-corrected chi connectivity index (χ3v) is 5.55. The summed E-state index contributed by atoms with van der Waals surface area (Å²) >= 11 is 0. The SMILES string of the molecule is CC.CCCCC1CCCCCCC(C)C1C/C=C(\C)CC. The van der Waals surface area contributed by atoms with Crippen LogP contribution in [0.25, 0.3) is 0 Å². The van der Waals surface area contributed by atoms with Crippen molar-refractivity contribution in [1.29, 1.82) is 0 Å². The first-order valence-electron chi connectivity index (χ1n) is 10.3. The third-order valence-electron chi connectivity index (χ3n) is 5.55. The maximum atomic E-state index is 2.55. The van der Waals surface area contributed by atoms with Gasteiger partial charge in [-0.15, -0.1) is 0 Å². The molecule has 0 heterocycles. The summed E-state index contributed by atoms with van der Waals surface area (Å²) in [4.78, 5) is 0. The molecule has 0 aliphatic heterocycles. The van der Waals surface area contributed by atoms with E-state index in [-0.39, 0.29) is 0 Å². The zero-order valence-electron chi connectivity index (χ0n) is 16.6. The lowest BCUT2D eigenvalue weighted by atomic mass is 9.74. The lowest BCUT2D eigenvalue weighted by Gasteiger charge is -2.31. The van der Waals surface area contributed by atoms with Crippen molar-refractivity contribution in [2.24, 2.45) is 17.8 Å². The second-order valence-corrected chi connectivity index (χ2v) is 7.17. The molecule has 1 aliphatic carbocycles. The Hall–Kier alpha value is -0.260. The Morgan fingerprint density at radius 1 is 1.00 bits per heavy atom. The molecule has 3 unspecified atom stereocenters. The summed E-state index contributed by atoms with van der Waals surface area (Å²) in [5.74, 6) is 2.86. The third kappa shape index (κ3) is 9.01. The summed E-state index contributed by atoms with van der Waals surface area (Å²) in [5.41, 5.74) is 1.59. The Bertz CT molecular complexity index is 263. The van der Waals surface area contributed by atoms with Gasteiger partial charge in [0, 0.05) is 0 Å². The van der Waals surface area contributed by atoms with E-state index in [1.165, 1.54) is 70.6 Å². The van der Waals surface area contributed by atoms with Crippen molar-refractivity contribution in [3.05, 3.63) is 11.6 Å². The Balaban J connectivity index is 0.00000211. The minimum absolute atomic E-state index is 0.927. The molecule has 0 amide bonds. The first-order chi connectivity index (χ1) is 10.7. The van der Waals surface area contributed by atoms with Gasteiger partial charge in [0.25, 0.3) is 0 Å². The van der Waals surface area contributed by atoms with Crippen LogP contribution in [0.4, 0.5) is 0 Å². The summed E-state index contributed by atoms with van der Waals surface area (Å²) in [6.07, 6.45) is 18.3. The molecule has 0 N–H and O–H groups in total. The molecule has 0 radical (unpaired) electrons. The normalized spacial score (nSPS) is 27.2. The predicted octanol–water partition coefficient (Wildman–Crippen LogP) is 8.17. The first kappa shape index (κ1) is 21.7. The van der Waals surface area contributed by atoms with Crippen LogP contribution in [0.5, 0.6) is 0 Å². The smallest absolute Gasteiger partial charge is 0.0314 e. The van der Waals surface area contributed by atoms with Gasteiger partial charge in [0.15, 0.2) is 0 Å². The van der Waals surface area contributed by atoms with E-state index in [1.807, 2.05) is 13.8 Å².